The second kappa shape index (κ2) is 8.91. The van der Waals surface area contributed by atoms with Crippen molar-refractivity contribution < 1.29 is 19.4 Å². The molecule has 0 saturated carbocycles. The molecular formula is C11H19NO4. The number of aliphatic hydroxyl groups is 1. The van der Waals surface area contributed by atoms with E-state index in [-0.39, 0.29) is 5.91 Å². The van der Waals surface area contributed by atoms with Gasteiger partial charge in [0.05, 0.1) is 0 Å². The summed E-state index contributed by atoms with van der Waals surface area (Å²) in [6, 6.07) is 0. The van der Waals surface area contributed by atoms with Crippen LogP contribution in [0.2, 0.25) is 0 Å². The number of aliphatic hydroxyl groups excluding tert-OH is 1. The van der Waals surface area contributed by atoms with Crippen LogP contribution in [0.3, 0.4) is 0 Å². The Hall–Kier alpha value is -1.36. The third kappa shape index (κ3) is 9.21. The molecule has 1 saturated heterocycles. The molecule has 1 heterocycles. The molecule has 0 spiro atoms. The number of carbonyl (C=O) groups is 2. The number of amides is 1. The molecule has 1 rings (SSSR count). The molecule has 0 radical (unpaired) electrons. The highest BCUT2D eigenvalue weighted by atomic mass is 16.6. The first-order valence-corrected chi connectivity index (χ1v) is 5.34. The first-order chi connectivity index (χ1) is 7.56. The van der Waals surface area contributed by atoms with Crippen LogP contribution in [0.15, 0.2) is 12.7 Å². The molecule has 1 unspecified atom stereocenters. The first kappa shape index (κ1) is 14.6. The van der Waals surface area contributed by atoms with Crippen molar-refractivity contribution in [2.75, 3.05) is 6.54 Å². The monoisotopic (exact) mass is 229 g/mol. The maximum atomic E-state index is 10.6. The van der Waals surface area contributed by atoms with E-state index in [0.717, 1.165) is 31.9 Å². The largest absolute Gasteiger partial charge is 0.433 e. The lowest BCUT2D eigenvalue weighted by atomic mass is 10.2. The van der Waals surface area contributed by atoms with Crippen LogP contribution in [-0.2, 0) is 14.3 Å². The second-order valence-corrected chi connectivity index (χ2v) is 3.40. The number of hydrogen-bond acceptors (Lipinski definition) is 4. The molecule has 0 aliphatic carbocycles. The second-order valence-electron chi connectivity index (χ2n) is 3.40. The summed E-state index contributed by atoms with van der Waals surface area (Å²) in [5.74, 6) is -0.387. The number of hydrogen-bond donors (Lipinski definition) is 2. The van der Waals surface area contributed by atoms with Gasteiger partial charge in [0, 0.05) is 19.0 Å². The van der Waals surface area contributed by atoms with Gasteiger partial charge in [-0.15, -0.1) is 0 Å². The number of rotatable bonds is 2. The van der Waals surface area contributed by atoms with Crippen molar-refractivity contribution in [1.29, 1.82) is 0 Å². The summed E-state index contributed by atoms with van der Waals surface area (Å²) in [5.41, 5.74) is 0. The molecule has 0 bridgehead atoms. The van der Waals surface area contributed by atoms with Gasteiger partial charge in [0.1, 0.15) is 0 Å². The summed E-state index contributed by atoms with van der Waals surface area (Å²) in [5, 5.41) is 11.2. The summed E-state index contributed by atoms with van der Waals surface area (Å²) < 4.78 is 4.20. The van der Waals surface area contributed by atoms with Crippen LogP contribution < -0.4 is 5.32 Å². The third-order valence-corrected chi connectivity index (χ3v) is 1.86. The zero-order chi connectivity index (χ0) is 12.4. The van der Waals surface area contributed by atoms with Crippen LogP contribution in [0.5, 0.6) is 0 Å². The summed E-state index contributed by atoms with van der Waals surface area (Å²) >= 11 is 0. The van der Waals surface area contributed by atoms with Crippen molar-refractivity contribution in [3.8, 4) is 0 Å². The topological polar surface area (TPSA) is 75.6 Å². The first-order valence-electron chi connectivity index (χ1n) is 5.34. The number of ether oxygens (including phenoxy) is 1. The smallest absolute Gasteiger partial charge is 0.332 e. The van der Waals surface area contributed by atoms with E-state index >= 15 is 0 Å². The minimum absolute atomic E-state index is 0.225. The van der Waals surface area contributed by atoms with Crippen molar-refractivity contribution in [1.82, 2.24) is 5.32 Å². The van der Waals surface area contributed by atoms with Gasteiger partial charge >= 0.3 is 5.97 Å². The normalized spacial score (nSPS) is 17.0. The van der Waals surface area contributed by atoms with Gasteiger partial charge in [-0.05, 0) is 19.8 Å². The molecule has 1 atom stereocenters. The highest BCUT2D eigenvalue weighted by Crippen LogP contribution is 2.02. The van der Waals surface area contributed by atoms with E-state index in [2.05, 4.69) is 16.6 Å². The number of esters is 1. The Kier molecular flexibility index (Phi) is 8.15. The van der Waals surface area contributed by atoms with Gasteiger partial charge in [0.25, 0.3) is 0 Å². The zero-order valence-electron chi connectivity index (χ0n) is 9.57. The molecule has 2 N–H and O–H groups in total. The Morgan fingerprint density at radius 2 is 2.25 bits per heavy atom. The molecule has 0 aromatic carbocycles. The Balaban J connectivity index is 0.000000281. The van der Waals surface area contributed by atoms with Crippen LogP contribution in [0, 0.1) is 0 Å². The van der Waals surface area contributed by atoms with E-state index in [1.165, 1.54) is 13.3 Å². The molecule has 1 aliphatic rings. The fourth-order valence-corrected chi connectivity index (χ4v) is 1.12. The minimum Gasteiger partial charge on any atom is -0.433 e. The molecule has 0 aromatic heterocycles. The van der Waals surface area contributed by atoms with Crippen molar-refractivity contribution in [2.24, 2.45) is 0 Å². The number of nitrogens with one attached hydrogen (secondary N) is 1. The molecular weight excluding hydrogens is 210 g/mol. The van der Waals surface area contributed by atoms with E-state index in [1.54, 1.807) is 0 Å². The highest BCUT2D eigenvalue weighted by molar-refractivity contribution is 5.81. The third-order valence-electron chi connectivity index (χ3n) is 1.86. The van der Waals surface area contributed by atoms with Gasteiger partial charge in [-0.3, -0.25) is 4.79 Å². The fourth-order valence-electron chi connectivity index (χ4n) is 1.12. The lowest BCUT2D eigenvalue weighted by Gasteiger charge is -2.01. The Labute approximate surface area is 95.5 Å². The molecule has 5 heteroatoms. The Morgan fingerprint density at radius 1 is 1.56 bits per heavy atom. The van der Waals surface area contributed by atoms with Crippen molar-refractivity contribution in [3.05, 3.63) is 12.7 Å². The predicted molar refractivity (Wildman–Crippen MR) is 59.4 cm³/mol. The molecule has 1 amide bonds. The minimum atomic E-state index is -1.04. The quantitative estimate of drug-likeness (QED) is 0.416. The SMILES string of the molecule is C=CC(=O)OC(C)O.O=C1CCCCCN1. The summed E-state index contributed by atoms with van der Waals surface area (Å²) in [6.07, 6.45) is 4.13. The van der Waals surface area contributed by atoms with Crippen LogP contribution in [0.4, 0.5) is 0 Å². The van der Waals surface area contributed by atoms with Crippen LogP contribution in [0.25, 0.3) is 0 Å². The molecule has 1 fully saturated rings. The van der Waals surface area contributed by atoms with E-state index in [9.17, 15) is 9.59 Å². The average molecular weight is 229 g/mol. The molecule has 16 heavy (non-hydrogen) atoms. The lowest BCUT2D eigenvalue weighted by Crippen LogP contribution is -2.21. The Bertz CT molecular complexity index is 228. The van der Waals surface area contributed by atoms with Gasteiger partial charge in [-0.2, -0.15) is 0 Å². The van der Waals surface area contributed by atoms with Gasteiger partial charge in [0.2, 0.25) is 5.91 Å². The van der Waals surface area contributed by atoms with Crippen LogP contribution in [-0.4, -0.2) is 29.8 Å². The summed E-state index contributed by atoms with van der Waals surface area (Å²) in [6.45, 7) is 5.36. The fraction of sp³-hybridized carbons (Fsp3) is 0.636. The van der Waals surface area contributed by atoms with Crippen LogP contribution in [0.1, 0.15) is 32.6 Å². The predicted octanol–water partition coefficient (Wildman–Crippen LogP) is 0.730. The van der Waals surface area contributed by atoms with Crippen molar-refractivity contribution in [2.45, 2.75) is 38.9 Å². The van der Waals surface area contributed by atoms with Gasteiger partial charge in [0.15, 0.2) is 6.29 Å². The van der Waals surface area contributed by atoms with E-state index in [1.807, 2.05) is 0 Å². The van der Waals surface area contributed by atoms with E-state index in [4.69, 9.17) is 5.11 Å². The lowest BCUT2D eigenvalue weighted by molar-refractivity contribution is -0.158. The zero-order valence-corrected chi connectivity index (χ0v) is 9.57. The van der Waals surface area contributed by atoms with Gasteiger partial charge in [-0.1, -0.05) is 13.0 Å². The van der Waals surface area contributed by atoms with Gasteiger partial charge < -0.3 is 15.2 Å². The summed E-state index contributed by atoms with van der Waals surface area (Å²) in [7, 11) is 0. The molecule has 0 aromatic rings. The maximum Gasteiger partial charge on any atom is 0.332 e. The van der Waals surface area contributed by atoms with Crippen molar-refractivity contribution >= 4 is 11.9 Å². The molecule has 1 aliphatic heterocycles. The molecule has 92 valence electrons. The number of carbonyl (C=O) groups excluding carboxylic acids is 2. The Morgan fingerprint density at radius 3 is 2.75 bits per heavy atom. The highest BCUT2D eigenvalue weighted by Gasteiger charge is 2.03. The van der Waals surface area contributed by atoms with Crippen LogP contribution >= 0.6 is 0 Å². The molecule has 5 nitrogen and oxygen atoms in total. The maximum absolute atomic E-state index is 10.6. The van der Waals surface area contributed by atoms with Gasteiger partial charge in [-0.25, -0.2) is 4.79 Å². The van der Waals surface area contributed by atoms with E-state index in [0.29, 0.717) is 0 Å². The standard InChI is InChI=1S/C6H11NO.C5H8O3/c8-6-4-2-1-3-5-7-6;1-3-5(7)8-4(2)6/h1-5H2,(H,7,8);3-4,6H,1H2,2H3. The van der Waals surface area contributed by atoms with E-state index < -0.39 is 12.3 Å². The summed E-state index contributed by atoms with van der Waals surface area (Å²) in [4.78, 5) is 20.7. The van der Waals surface area contributed by atoms with Crippen molar-refractivity contribution in [3.63, 3.8) is 0 Å². The average Bonchev–Trinajstić information content (AvgIpc) is 2.45.